The maximum atomic E-state index is 5.43. The number of rotatable bonds is 6. The number of nitrogens with one attached hydrogen (secondary N) is 1. The molecule has 1 fully saturated rings. The zero-order valence-corrected chi connectivity index (χ0v) is 11.4. The lowest BCUT2D eigenvalue weighted by molar-refractivity contribution is 0.107. The normalized spacial score (nSPS) is 22.9. The van der Waals surface area contributed by atoms with Crippen molar-refractivity contribution in [3.8, 4) is 0 Å². The SMILES string of the molecule is CCOCCN1CCCC1CNC(C)(C)C. The van der Waals surface area contributed by atoms with E-state index >= 15 is 0 Å². The van der Waals surface area contributed by atoms with E-state index in [0.717, 1.165) is 26.3 Å². The van der Waals surface area contributed by atoms with Crippen molar-refractivity contribution < 1.29 is 4.74 Å². The molecule has 1 unspecified atom stereocenters. The van der Waals surface area contributed by atoms with Crippen LogP contribution in [0.4, 0.5) is 0 Å². The summed E-state index contributed by atoms with van der Waals surface area (Å²) in [6.45, 7) is 13.9. The first-order chi connectivity index (χ1) is 7.53. The van der Waals surface area contributed by atoms with Gasteiger partial charge in [0, 0.05) is 31.3 Å². The molecule has 96 valence electrons. The molecule has 0 aromatic rings. The Morgan fingerprint density at radius 1 is 1.38 bits per heavy atom. The van der Waals surface area contributed by atoms with E-state index in [2.05, 4.69) is 37.9 Å². The molecule has 0 bridgehead atoms. The fraction of sp³-hybridized carbons (Fsp3) is 1.00. The molecule has 0 amide bonds. The van der Waals surface area contributed by atoms with Crippen molar-refractivity contribution in [2.45, 2.75) is 52.1 Å². The van der Waals surface area contributed by atoms with Crippen molar-refractivity contribution in [2.75, 3.05) is 32.8 Å². The molecule has 3 nitrogen and oxygen atoms in total. The van der Waals surface area contributed by atoms with Gasteiger partial charge in [0.25, 0.3) is 0 Å². The number of nitrogens with zero attached hydrogens (tertiary/aromatic N) is 1. The average molecular weight is 228 g/mol. The van der Waals surface area contributed by atoms with Crippen molar-refractivity contribution in [1.82, 2.24) is 10.2 Å². The molecule has 1 heterocycles. The first-order valence-electron chi connectivity index (χ1n) is 6.60. The first kappa shape index (κ1) is 13.9. The summed E-state index contributed by atoms with van der Waals surface area (Å²) >= 11 is 0. The van der Waals surface area contributed by atoms with Gasteiger partial charge in [-0.05, 0) is 47.1 Å². The smallest absolute Gasteiger partial charge is 0.0593 e. The van der Waals surface area contributed by atoms with Gasteiger partial charge in [-0.2, -0.15) is 0 Å². The van der Waals surface area contributed by atoms with Crippen LogP contribution < -0.4 is 5.32 Å². The number of hydrogen-bond donors (Lipinski definition) is 1. The van der Waals surface area contributed by atoms with Gasteiger partial charge in [0.1, 0.15) is 0 Å². The lowest BCUT2D eigenvalue weighted by Crippen LogP contribution is -2.45. The monoisotopic (exact) mass is 228 g/mol. The Morgan fingerprint density at radius 3 is 2.75 bits per heavy atom. The Labute approximate surface area is 101 Å². The highest BCUT2D eigenvalue weighted by Gasteiger charge is 2.24. The quantitative estimate of drug-likeness (QED) is 0.703. The van der Waals surface area contributed by atoms with Crippen molar-refractivity contribution >= 4 is 0 Å². The second kappa shape index (κ2) is 6.58. The van der Waals surface area contributed by atoms with Crippen LogP contribution in [0, 0.1) is 0 Å². The highest BCUT2D eigenvalue weighted by Crippen LogP contribution is 2.16. The third kappa shape index (κ3) is 5.28. The van der Waals surface area contributed by atoms with Crippen LogP contribution in [0.1, 0.15) is 40.5 Å². The second-order valence-corrected chi connectivity index (χ2v) is 5.66. The lowest BCUT2D eigenvalue weighted by atomic mass is 10.1. The molecule has 1 N–H and O–H groups in total. The van der Waals surface area contributed by atoms with Crippen LogP contribution in [-0.2, 0) is 4.74 Å². The van der Waals surface area contributed by atoms with Gasteiger partial charge >= 0.3 is 0 Å². The molecular weight excluding hydrogens is 200 g/mol. The summed E-state index contributed by atoms with van der Waals surface area (Å²) in [7, 11) is 0. The molecule has 1 rings (SSSR count). The predicted octanol–water partition coefficient (Wildman–Crippen LogP) is 1.88. The first-order valence-corrected chi connectivity index (χ1v) is 6.60. The van der Waals surface area contributed by atoms with Crippen molar-refractivity contribution in [3.05, 3.63) is 0 Å². The minimum Gasteiger partial charge on any atom is -0.380 e. The van der Waals surface area contributed by atoms with E-state index in [9.17, 15) is 0 Å². The summed E-state index contributed by atoms with van der Waals surface area (Å²) in [5.74, 6) is 0. The molecule has 3 heteroatoms. The highest BCUT2D eigenvalue weighted by molar-refractivity contribution is 4.83. The van der Waals surface area contributed by atoms with Crippen molar-refractivity contribution in [1.29, 1.82) is 0 Å². The molecule has 0 radical (unpaired) electrons. The fourth-order valence-electron chi connectivity index (χ4n) is 2.17. The molecule has 0 aromatic carbocycles. The van der Waals surface area contributed by atoms with Gasteiger partial charge in [-0.25, -0.2) is 0 Å². The van der Waals surface area contributed by atoms with E-state index in [0.29, 0.717) is 6.04 Å². The summed E-state index contributed by atoms with van der Waals surface area (Å²) < 4.78 is 5.43. The Balaban J connectivity index is 2.23. The highest BCUT2D eigenvalue weighted by atomic mass is 16.5. The van der Waals surface area contributed by atoms with E-state index in [1.54, 1.807) is 0 Å². The summed E-state index contributed by atoms with van der Waals surface area (Å²) in [6, 6.07) is 0.708. The minimum atomic E-state index is 0.230. The maximum absolute atomic E-state index is 5.43. The standard InChI is InChI=1S/C13H28N2O/c1-5-16-10-9-15-8-6-7-12(15)11-14-13(2,3)4/h12,14H,5-11H2,1-4H3. The van der Waals surface area contributed by atoms with Crippen molar-refractivity contribution in [2.24, 2.45) is 0 Å². The molecule has 0 aromatic heterocycles. The van der Waals surface area contributed by atoms with Gasteiger partial charge in [0.05, 0.1) is 6.61 Å². The minimum absolute atomic E-state index is 0.230. The van der Waals surface area contributed by atoms with Crippen LogP contribution in [0.15, 0.2) is 0 Å². The Hall–Kier alpha value is -0.120. The van der Waals surface area contributed by atoms with Crippen LogP contribution in [0.2, 0.25) is 0 Å². The van der Waals surface area contributed by atoms with E-state index < -0.39 is 0 Å². The number of likely N-dealkylation sites (tertiary alicyclic amines) is 1. The van der Waals surface area contributed by atoms with E-state index in [1.165, 1.54) is 19.4 Å². The Morgan fingerprint density at radius 2 is 2.12 bits per heavy atom. The molecule has 0 spiro atoms. The van der Waals surface area contributed by atoms with Crippen LogP contribution in [-0.4, -0.2) is 49.3 Å². The van der Waals surface area contributed by atoms with Gasteiger partial charge in [-0.1, -0.05) is 0 Å². The van der Waals surface area contributed by atoms with E-state index in [4.69, 9.17) is 4.74 Å². The van der Waals surface area contributed by atoms with Gasteiger partial charge < -0.3 is 10.1 Å². The molecule has 1 aliphatic rings. The van der Waals surface area contributed by atoms with E-state index in [-0.39, 0.29) is 5.54 Å². The third-order valence-corrected chi connectivity index (χ3v) is 3.09. The van der Waals surface area contributed by atoms with Gasteiger partial charge in [-0.15, -0.1) is 0 Å². The Kier molecular flexibility index (Phi) is 5.73. The fourth-order valence-corrected chi connectivity index (χ4v) is 2.17. The zero-order valence-electron chi connectivity index (χ0n) is 11.4. The van der Waals surface area contributed by atoms with Crippen LogP contribution >= 0.6 is 0 Å². The van der Waals surface area contributed by atoms with Gasteiger partial charge in [-0.3, -0.25) is 4.90 Å². The molecule has 1 atom stereocenters. The Bertz CT molecular complexity index is 189. The van der Waals surface area contributed by atoms with Gasteiger partial charge in [0.2, 0.25) is 0 Å². The largest absolute Gasteiger partial charge is 0.380 e. The van der Waals surface area contributed by atoms with Crippen LogP contribution in [0.3, 0.4) is 0 Å². The van der Waals surface area contributed by atoms with E-state index in [1.807, 2.05) is 0 Å². The van der Waals surface area contributed by atoms with Crippen molar-refractivity contribution in [3.63, 3.8) is 0 Å². The summed E-state index contributed by atoms with van der Waals surface area (Å²) in [5.41, 5.74) is 0.230. The zero-order chi connectivity index (χ0) is 12.0. The summed E-state index contributed by atoms with van der Waals surface area (Å²) in [5, 5.41) is 3.60. The molecule has 0 aliphatic carbocycles. The second-order valence-electron chi connectivity index (χ2n) is 5.66. The third-order valence-electron chi connectivity index (χ3n) is 3.09. The maximum Gasteiger partial charge on any atom is 0.0593 e. The van der Waals surface area contributed by atoms with Gasteiger partial charge in [0.15, 0.2) is 0 Å². The molecular formula is C13H28N2O. The lowest BCUT2D eigenvalue weighted by Gasteiger charge is -2.28. The average Bonchev–Trinajstić information content (AvgIpc) is 2.62. The number of hydrogen-bond acceptors (Lipinski definition) is 3. The molecule has 16 heavy (non-hydrogen) atoms. The molecule has 0 saturated carbocycles. The summed E-state index contributed by atoms with van der Waals surface area (Å²) in [4.78, 5) is 2.56. The molecule has 1 saturated heterocycles. The topological polar surface area (TPSA) is 24.5 Å². The van der Waals surface area contributed by atoms with Crippen LogP contribution in [0.25, 0.3) is 0 Å². The molecule has 1 aliphatic heterocycles. The van der Waals surface area contributed by atoms with Crippen LogP contribution in [0.5, 0.6) is 0 Å². The number of ether oxygens (including phenoxy) is 1. The predicted molar refractivity (Wildman–Crippen MR) is 68.8 cm³/mol. The summed E-state index contributed by atoms with van der Waals surface area (Å²) in [6.07, 6.45) is 2.66.